The average molecular weight is 349 g/mol. The third kappa shape index (κ3) is 3.82. The predicted molar refractivity (Wildman–Crippen MR) is 78.5 cm³/mol. The standard InChI is InChI=1S/C12H12Cl5O/c1-2-3-10(18)8-4-6-9(7-5-8)11(13,14)12(15,16)17/h4-7,10H,2-3H2,1H3. The maximum atomic E-state index is 11.7. The molecule has 1 nitrogen and oxygen atoms in total. The smallest absolute Gasteiger partial charge is 0.227 e. The van der Waals surface area contributed by atoms with Gasteiger partial charge in [-0.25, -0.2) is 5.11 Å². The lowest BCUT2D eigenvalue weighted by molar-refractivity contribution is 0.0805. The zero-order chi connectivity index (χ0) is 14.0. The van der Waals surface area contributed by atoms with Crippen molar-refractivity contribution in [3.05, 3.63) is 35.4 Å². The molecule has 0 heterocycles. The third-order valence-corrected chi connectivity index (χ3v) is 4.99. The highest BCUT2D eigenvalue weighted by atomic mass is 35.6. The van der Waals surface area contributed by atoms with E-state index in [1.165, 1.54) is 0 Å². The van der Waals surface area contributed by atoms with E-state index in [0.717, 1.165) is 6.42 Å². The van der Waals surface area contributed by atoms with Gasteiger partial charge >= 0.3 is 0 Å². The molecule has 1 atom stereocenters. The molecule has 0 bridgehead atoms. The van der Waals surface area contributed by atoms with Gasteiger partial charge in [0.1, 0.15) is 6.10 Å². The van der Waals surface area contributed by atoms with Crippen molar-refractivity contribution in [2.45, 2.75) is 34.0 Å². The Hall–Kier alpha value is 0.630. The topological polar surface area (TPSA) is 19.9 Å². The highest BCUT2D eigenvalue weighted by Crippen LogP contribution is 2.52. The van der Waals surface area contributed by atoms with Crippen LogP contribution in [0.2, 0.25) is 0 Å². The van der Waals surface area contributed by atoms with Gasteiger partial charge in [-0.3, -0.25) is 0 Å². The van der Waals surface area contributed by atoms with E-state index in [-0.39, 0.29) is 0 Å². The first kappa shape index (κ1) is 16.7. The van der Waals surface area contributed by atoms with Gasteiger partial charge < -0.3 is 0 Å². The minimum atomic E-state index is -1.85. The third-order valence-electron chi connectivity index (χ3n) is 2.55. The van der Waals surface area contributed by atoms with E-state index in [1.54, 1.807) is 24.3 Å². The van der Waals surface area contributed by atoms with Crippen molar-refractivity contribution in [2.75, 3.05) is 0 Å². The first-order chi connectivity index (χ1) is 8.20. The minimum absolute atomic E-state index is 0.443. The van der Waals surface area contributed by atoms with Crippen LogP contribution in [-0.4, -0.2) is 3.79 Å². The number of rotatable bonds is 4. The number of benzene rings is 1. The fraction of sp³-hybridized carbons (Fsp3) is 0.500. The van der Waals surface area contributed by atoms with Gasteiger partial charge in [0.2, 0.25) is 3.79 Å². The molecule has 0 spiro atoms. The molecule has 0 amide bonds. The molecule has 6 heteroatoms. The highest BCUT2D eigenvalue weighted by molar-refractivity contribution is 6.75. The second-order valence-corrected chi connectivity index (χ2v) is 7.58. The minimum Gasteiger partial charge on any atom is -0.228 e. The first-order valence-corrected chi connectivity index (χ1v) is 7.30. The molecule has 0 aliphatic carbocycles. The highest BCUT2D eigenvalue weighted by Gasteiger charge is 2.47. The molecule has 1 aromatic rings. The van der Waals surface area contributed by atoms with Crippen LogP contribution in [-0.2, 0) is 9.44 Å². The zero-order valence-corrected chi connectivity index (χ0v) is 13.4. The summed E-state index contributed by atoms with van der Waals surface area (Å²) in [6.45, 7) is 1.96. The molecule has 0 saturated carbocycles. The molecule has 0 aliphatic heterocycles. The average Bonchev–Trinajstić information content (AvgIpc) is 2.28. The molecule has 1 radical (unpaired) electrons. The normalized spacial score (nSPS) is 14.6. The van der Waals surface area contributed by atoms with Crippen molar-refractivity contribution in [2.24, 2.45) is 0 Å². The van der Waals surface area contributed by atoms with Crippen molar-refractivity contribution < 1.29 is 5.11 Å². The molecule has 0 saturated heterocycles. The summed E-state index contributed by atoms with van der Waals surface area (Å²) in [6.07, 6.45) is 0.660. The molecule has 1 aromatic carbocycles. The lowest BCUT2D eigenvalue weighted by Crippen LogP contribution is -2.28. The summed E-state index contributed by atoms with van der Waals surface area (Å²) in [6, 6.07) is 6.55. The molecular formula is C12H12Cl5O. The Labute approximate surface area is 132 Å². The van der Waals surface area contributed by atoms with Gasteiger partial charge in [0, 0.05) is 0 Å². The summed E-state index contributed by atoms with van der Waals surface area (Å²) < 4.78 is -3.50. The molecule has 1 unspecified atom stereocenters. The summed E-state index contributed by atoms with van der Waals surface area (Å²) in [4.78, 5) is 0. The van der Waals surface area contributed by atoms with Crippen LogP contribution in [0.5, 0.6) is 0 Å². The maximum Gasteiger partial charge on any atom is 0.227 e. The van der Waals surface area contributed by atoms with Crippen molar-refractivity contribution in [3.63, 3.8) is 0 Å². The monoisotopic (exact) mass is 347 g/mol. The molecule has 0 aromatic heterocycles. The molecule has 0 fully saturated rings. The summed E-state index contributed by atoms with van der Waals surface area (Å²) in [5.74, 6) is 0. The van der Waals surface area contributed by atoms with Gasteiger partial charge in [-0.05, 0) is 17.5 Å². The second kappa shape index (κ2) is 6.39. The van der Waals surface area contributed by atoms with Gasteiger partial charge in [-0.2, -0.15) is 0 Å². The van der Waals surface area contributed by atoms with Crippen LogP contribution in [0.3, 0.4) is 0 Å². The van der Waals surface area contributed by atoms with E-state index >= 15 is 0 Å². The van der Waals surface area contributed by atoms with Crippen LogP contribution in [0, 0.1) is 0 Å². The Morgan fingerprint density at radius 2 is 1.56 bits per heavy atom. The van der Waals surface area contributed by atoms with E-state index in [2.05, 4.69) is 0 Å². The van der Waals surface area contributed by atoms with Gasteiger partial charge in [-0.15, -0.1) is 0 Å². The van der Waals surface area contributed by atoms with Crippen LogP contribution < -0.4 is 0 Å². The Bertz CT molecular complexity index is 382. The maximum absolute atomic E-state index is 11.7. The first-order valence-electron chi connectivity index (χ1n) is 5.41. The van der Waals surface area contributed by atoms with E-state index in [9.17, 15) is 5.11 Å². The lowest BCUT2D eigenvalue weighted by atomic mass is 10.0. The van der Waals surface area contributed by atoms with Crippen LogP contribution in [0.15, 0.2) is 24.3 Å². The summed E-state index contributed by atoms with van der Waals surface area (Å²) >= 11 is 29.2. The van der Waals surface area contributed by atoms with E-state index in [1.807, 2.05) is 6.92 Å². The van der Waals surface area contributed by atoms with Crippen molar-refractivity contribution >= 4 is 58.0 Å². The second-order valence-electron chi connectivity index (χ2n) is 3.97. The van der Waals surface area contributed by atoms with Gasteiger partial charge in [0.25, 0.3) is 0 Å². The van der Waals surface area contributed by atoms with E-state index in [4.69, 9.17) is 58.0 Å². The van der Waals surface area contributed by atoms with Crippen LogP contribution in [0.25, 0.3) is 0 Å². The quantitative estimate of drug-likeness (QED) is 0.598. The van der Waals surface area contributed by atoms with Gasteiger partial charge in [0.05, 0.1) is 0 Å². The van der Waals surface area contributed by atoms with E-state index < -0.39 is 14.2 Å². The van der Waals surface area contributed by atoms with Crippen molar-refractivity contribution in [1.29, 1.82) is 0 Å². The molecule has 0 N–H and O–H groups in total. The molecular weight excluding hydrogens is 337 g/mol. The van der Waals surface area contributed by atoms with Crippen LogP contribution in [0.1, 0.15) is 37.0 Å². The number of hydrogen-bond donors (Lipinski definition) is 0. The fourth-order valence-corrected chi connectivity index (χ4v) is 2.08. The number of halogens is 5. The Morgan fingerprint density at radius 3 is 1.94 bits per heavy atom. The van der Waals surface area contributed by atoms with Crippen molar-refractivity contribution in [3.8, 4) is 0 Å². The molecule has 101 valence electrons. The molecule has 1 rings (SSSR count). The lowest BCUT2D eigenvalue weighted by Gasteiger charge is -2.27. The fourth-order valence-electron chi connectivity index (χ4n) is 1.50. The van der Waals surface area contributed by atoms with Gasteiger partial charge in [-0.1, -0.05) is 95.6 Å². The van der Waals surface area contributed by atoms with Gasteiger partial charge in [0.15, 0.2) is 4.33 Å². The largest absolute Gasteiger partial charge is 0.228 e. The Kier molecular flexibility index (Phi) is 5.92. The zero-order valence-electron chi connectivity index (χ0n) is 9.60. The Balaban J connectivity index is 2.96. The van der Waals surface area contributed by atoms with Crippen molar-refractivity contribution in [1.82, 2.24) is 0 Å². The molecule has 0 aliphatic rings. The number of alkyl halides is 5. The summed E-state index contributed by atoms with van der Waals surface area (Å²) in [5.41, 5.74) is 1.12. The SMILES string of the molecule is CCCC([O])c1ccc(C(Cl)(Cl)C(Cl)(Cl)Cl)cc1. The van der Waals surface area contributed by atoms with Crippen LogP contribution >= 0.6 is 58.0 Å². The summed E-state index contributed by atoms with van der Waals surface area (Å²) in [5, 5.41) is 11.7. The molecule has 18 heavy (non-hydrogen) atoms. The summed E-state index contributed by atoms with van der Waals surface area (Å²) in [7, 11) is 0. The predicted octanol–water partition coefficient (Wildman–Crippen LogP) is 5.96. The Morgan fingerprint density at radius 1 is 1.06 bits per heavy atom. The van der Waals surface area contributed by atoms with E-state index in [0.29, 0.717) is 17.5 Å². The van der Waals surface area contributed by atoms with Crippen LogP contribution in [0.4, 0.5) is 0 Å². The number of hydrogen-bond acceptors (Lipinski definition) is 0.